The van der Waals surface area contributed by atoms with Crippen molar-refractivity contribution in [3.05, 3.63) is 29.3 Å². The largest absolute Gasteiger partial charge is 0.492 e. The van der Waals surface area contributed by atoms with Crippen molar-refractivity contribution in [3.8, 4) is 5.75 Å². The van der Waals surface area contributed by atoms with Crippen LogP contribution in [0.15, 0.2) is 18.2 Å². The van der Waals surface area contributed by atoms with Crippen LogP contribution < -0.4 is 10.5 Å². The van der Waals surface area contributed by atoms with Crippen LogP contribution in [0.25, 0.3) is 0 Å². The smallest absolute Gasteiger partial charge is 0.119 e. The summed E-state index contributed by atoms with van der Waals surface area (Å²) in [5.41, 5.74) is 8.35. The maximum Gasteiger partial charge on any atom is 0.119 e. The molecule has 0 bridgehead atoms. The fourth-order valence-electron chi connectivity index (χ4n) is 1.84. The summed E-state index contributed by atoms with van der Waals surface area (Å²) in [5, 5.41) is 8.74. The van der Waals surface area contributed by atoms with E-state index in [0.29, 0.717) is 18.9 Å². The van der Waals surface area contributed by atoms with E-state index in [0.717, 1.165) is 5.75 Å². The zero-order valence-electron chi connectivity index (χ0n) is 10.9. The Kier molecular flexibility index (Phi) is 5.45. The molecule has 3 heteroatoms. The van der Waals surface area contributed by atoms with Gasteiger partial charge in [0.25, 0.3) is 0 Å². The molecule has 1 aromatic carbocycles. The second kappa shape index (κ2) is 6.62. The van der Waals surface area contributed by atoms with Gasteiger partial charge in [-0.1, -0.05) is 19.9 Å². The number of hydrogen-bond acceptors (Lipinski definition) is 3. The molecule has 0 heterocycles. The highest BCUT2D eigenvalue weighted by Gasteiger charge is 2.06. The van der Waals surface area contributed by atoms with E-state index in [4.69, 9.17) is 15.6 Å². The Balaban J connectivity index is 2.58. The molecular weight excluding hydrogens is 214 g/mol. The lowest BCUT2D eigenvalue weighted by Crippen LogP contribution is -2.28. The summed E-state index contributed by atoms with van der Waals surface area (Å²) in [7, 11) is 0. The molecule has 0 fully saturated rings. The molecule has 0 aliphatic carbocycles. The molecule has 0 aliphatic heterocycles. The van der Waals surface area contributed by atoms with Gasteiger partial charge in [0, 0.05) is 12.6 Å². The van der Waals surface area contributed by atoms with Gasteiger partial charge in [0.05, 0.1) is 0 Å². The SMILES string of the molecule is Cc1cc(OCC(N)CCO)ccc1C(C)C. The van der Waals surface area contributed by atoms with Crippen LogP contribution in [-0.4, -0.2) is 24.4 Å². The minimum Gasteiger partial charge on any atom is -0.492 e. The van der Waals surface area contributed by atoms with Crippen molar-refractivity contribution in [2.75, 3.05) is 13.2 Å². The van der Waals surface area contributed by atoms with Crippen molar-refractivity contribution in [2.45, 2.75) is 39.2 Å². The first kappa shape index (κ1) is 14.0. The minimum atomic E-state index is -0.106. The Labute approximate surface area is 104 Å². The Bertz CT molecular complexity index is 350. The van der Waals surface area contributed by atoms with Gasteiger partial charge in [-0.25, -0.2) is 0 Å². The fraction of sp³-hybridized carbons (Fsp3) is 0.571. The second-order valence-corrected chi connectivity index (χ2v) is 4.76. The maximum atomic E-state index is 8.74. The maximum absolute atomic E-state index is 8.74. The fourth-order valence-corrected chi connectivity index (χ4v) is 1.84. The van der Waals surface area contributed by atoms with Crippen LogP contribution in [0.5, 0.6) is 5.75 Å². The van der Waals surface area contributed by atoms with Gasteiger partial charge in [0.15, 0.2) is 0 Å². The third kappa shape index (κ3) is 4.36. The van der Waals surface area contributed by atoms with E-state index in [9.17, 15) is 0 Å². The summed E-state index contributed by atoms with van der Waals surface area (Å²) in [6, 6.07) is 6.02. The van der Waals surface area contributed by atoms with Crippen molar-refractivity contribution < 1.29 is 9.84 Å². The molecule has 1 unspecified atom stereocenters. The molecule has 1 atom stereocenters. The molecule has 1 rings (SSSR count). The number of benzene rings is 1. The molecule has 0 saturated carbocycles. The number of rotatable bonds is 6. The van der Waals surface area contributed by atoms with E-state index in [1.165, 1.54) is 11.1 Å². The second-order valence-electron chi connectivity index (χ2n) is 4.76. The number of aliphatic hydroxyl groups is 1. The van der Waals surface area contributed by atoms with E-state index in [-0.39, 0.29) is 12.6 Å². The first-order valence-corrected chi connectivity index (χ1v) is 6.14. The Morgan fingerprint density at radius 3 is 2.59 bits per heavy atom. The van der Waals surface area contributed by atoms with E-state index >= 15 is 0 Å². The van der Waals surface area contributed by atoms with Gasteiger partial charge < -0.3 is 15.6 Å². The standard InChI is InChI=1S/C14H23NO2/c1-10(2)14-5-4-13(8-11(14)3)17-9-12(15)6-7-16/h4-5,8,10,12,16H,6-7,9,15H2,1-3H3. The average Bonchev–Trinajstić information content (AvgIpc) is 2.26. The van der Waals surface area contributed by atoms with Crippen LogP contribution >= 0.6 is 0 Å². The predicted octanol–water partition coefficient (Wildman–Crippen LogP) is 2.21. The van der Waals surface area contributed by atoms with Crippen LogP contribution in [0.1, 0.15) is 37.3 Å². The van der Waals surface area contributed by atoms with Gasteiger partial charge in [-0.15, -0.1) is 0 Å². The van der Waals surface area contributed by atoms with Gasteiger partial charge in [-0.3, -0.25) is 0 Å². The lowest BCUT2D eigenvalue weighted by atomic mass is 9.98. The first-order valence-electron chi connectivity index (χ1n) is 6.14. The Morgan fingerprint density at radius 2 is 2.06 bits per heavy atom. The molecule has 0 radical (unpaired) electrons. The monoisotopic (exact) mass is 237 g/mol. The third-order valence-corrected chi connectivity index (χ3v) is 2.83. The normalized spacial score (nSPS) is 12.8. The quantitative estimate of drug-likeness (QED) is 0.797. The van der Waals surface area contributed by atoms with Crippen molar-refractivity contribution in [2.24, 2.45) is 5.73 Å². The van der Waals surface area contributed by atoms with Gasteiger partial charge in [0.1, 0.15) is 12.4 Å². The predicted molar refractivity (Wildman–Crippen MR) is 70.4 cm³/mol. The number of nitrogens with two attached hydrogens (primary N) is 1. The zero-order valence-corrected chi connectivity index (χ0v) is 10.9. The summed E-state index contributed by atoms with van der Waals surface area (Å²) in [6.45, 7) is 7.01. The average molecular weight is 237 g/mol. The van der Waals surface area contributed by atoms with Gasteiger partial charge >= 0.3 is 0 Å². The first-order chi connectivity index (χ1) is 8.04. The van der Waals surface area contributed by atoms with Crippen molar-refractivity contribution in [3.63, 3.8) is 0 Å². The van der Waals surface area contributed by atoms with E-state index in [2.05, 4.69) is 26.8 Å². The van der Waals surface area contributed by atoms with E-state index < -0.39 is 0 Å². The number of ether oxygens (including phenoxy) is 1. The van der Waals surface area contributed by atoms with Crippen LogP contribution in [0, 0.1) is 6.92 Å². The molecule has 3 nitrogen and oxygen atoms in total. The third-order valence-electron chi connectivity index (χ3n) is 2.83. The molecule has 17 heavy (non-hydrogen) atoms. The number of hydrogen-bond donors (Lipinski definition) is 2. The topological polar surface area (TPSA) is 55.5 Å². The molecule has 0 spiro atoms. The van der Waals surface area contributed by atoms with Gasteiger partial charge in [-0.2, -0.15) is 0 Å². The molecule has 0 amide bonds. The van der Waals surface area contributed by atoms with E-state index in [1.807, 2.05) is 12.1 Å². The van der Waals surface area contributed by atoms with Crippen LogP contribution in [0.4, 0.5) is 0 Å². The molecule has 1 aromatic rings. The van der Waals surface area contributed by atoms with Crippen molar-refractivity contribution >= 4 is 0 Å². The van der Waals surface area contributed by atoms with Gasteiger partial charge in [-0.05, 0) is 42.5 Å². The Hall–Kier alpha value is -1.06. The van der Waals surface area contributed by atoms with Crippen molar-refractivity contribution in [1.82, 2.24) is 0 Å². The highest BCUT2D eigenvalue weighted by Crippen LogP contribution is 2.23. The summed E-state index contributed by atoms with van der Waals surface area (Å²) in [4.78, 5) is 0. The van der Waals surface area contributed by atoms with Gasteiger partial charge in [0.2, 0.25) is 0 Å². The summed E-state index contributed by atoms with van der Waals surface area (Å²) < 4.78 is 5.60. The molecule has 96 valence electrons. The Morgan fingerprint density at radius 1 is 1.35 bits per heavy atom. The molecule has 0 aromatic heterocycles. The van der Waals surface area contributed by atoms with Crippen LogP contribution in [-0.2, 0) is 0 Å². The highest BCUT2D eigenvalue weighted by atomic mass is 16.5. The molecule has 0 aliphatic rings. The number of aliphatic hydroxyl groups excluding tert-OH is 1. The minimum absolute atomic E-state index is 0.106. The lowest BCUT2D eigenvalue weighted by Gasteiger charge is -2.14. The highest BCUT2D eigenvalue weighted by molar-refractivity contribution is 5.36. The van der Waals surface area contributed by atoms with Crippen LogP contribution in [0.2, 0.25) is 0 Å². The summed E-state index contributed by atoms with van der Waals surface area (Å²) in [6.07, 6.45) is 0.572. The van der Waals surface area contributed by atoms with E-state index in [1.54, 1.807) is 0 Å². The molecule has 3 N–H and O–H groups in total. The molecule has 0 saturated heterocycles. The number of aryl methyl sites for hydroxylation is 1. The summed E-state index contributed by atoms with van der Waals surface area (Å²) >= 11 is 0. The molecular formula is C14H23NO2. The lowest BCUT2D eigenvalue weighted by molar-refractivity contribution is 0.233. The van der Waals surface area contributed by atoms with Crippen LogP contribution in [0.3, 0.4) is 0 Å². The summed E-state index contributed by atoms with van der Waals surface area (Å²) in [5.74, 6) is 1.38. The zero-order chi connectivity index (χ0) is 12.8. The van der Waals surface area contributed by atoms with Crippen molar-refractivity contribution in [1.29, 1.82) is 0 Å².